The zero-order chi connectivity index (χ0) is 21.4. The molecule has 4 rings (SSSR count). The Labute approximate surface area is 175 Å². The van der Waals surface area contributed by atoms with Crippen molar-refractivity contribution in [2.45, 2.75) is 77.4 Å². The molecule has 8 unspecified atom stereocenters. The fourth-order valence-corrected chi connectivity index (χ4v) is 6.76. The molecule has 29 heavy (non-hydrogen) atoms. The average Bonchev–Trinajstić information content (AvgIpc) is 3.39. The first-order chi connectivity index (χ1) is 13.5. The number of ether oxygens (including phenoxy) is 2. The summed E-state index contributed by atoms with van der Waals surface area (Å²) in [6, 6.07) is 0. The topological polar surface area (TPSA) is 27.7 Å². The van der Waals surface area contributed by atoms with Crippen LogP contribution in [-0.2, 0) is 13.9 Å². The van der Waals surface area contributed by atoms with Crippen molar-refractivity contribution in [2.24, 2.45) is 41.4 Å². The van der Waals surface area contributed by atoms with E-state index in [0.717, 1.165) is 30.1 Å². The van der Waals surface area contributed by atoms with Gasteiger partial charge in [0.25, 0.3) is 0 Å². The van der Waals surface area contributed by atoms with Gasteiger partial charge in [-0.05, 0) is 107 Å². The van der Waals surface area contributed by atoms with E-state index < -0.39 is 20.6 Å². The number of hydrogen-bond acceptors (Lipinski definition) is 3. The molecule has 0 aromatic heterocycles. The molecule has 0 heterocycles. The second kappa shape index (κ2) is 9.17. The molecule has 0 spiro atoms. The van der Waals surface area contributed by atoms with E-state index in [0.29, 0.717) is 18.4 Å². The summed E-state index contributed by atoms with van der Waals surface area (Å²) in [5, 5.41) is 0. The zero-order valence-electron chi connectivity index (χ0n) is 18.6. The van der Waals surface area contributed by atoms with Crippen molar-refractivity contribution >= 4 is 8.32 Å². The molecule has 7 heteroatoms. The van der Waals surface area contributed by atoms with E-state index in [2.05, 4.69) is 19.6 Å². The van der Waals surface area contributed by atoms with Crippen LogP contribution in [0.4, 0.5) is 13.2 Å². The van der Waals surface area contributed by atoms with Gasteiger partial charge in [-0.25, -0.2) is 0 Å². The van der Waals surface area contributed by atoms with Crippen LogP contribution < -0.4 is 0 Å². The summed E-state index contributed by atoms with van der Waals surface area (Å²) in [6.45, 7) is 8.37. The Morgan fingerprint density at radius 3 is 2.14 bits per heavy atom. The summed E-state index contributed by atoms with van der Waals surface area (Å²) in [5.41, 5.74) is 0. The minimum absolute atomic E-state index is 0.137. The zero-order valence-corrected chi connectivity index (χ0v) is 19.6. The van der Waals surface area contributed by atoms with Crippen molar-refractivity contribution in [1.29, 1.82) is 0 Å². The van der Waals surface area contributed by atoms with Crippen LogP contribution in [-0.4, -0.2) is 41.1 Å². The van der Waals surface area contributed by atoms with Crippen molar-refractivity contribution in [2.75, 3.05) is 20.5 Å². The number of alkyl halides is 3. The third kappa shape index (κ3) is 5.39. The highest BCUT2D eigenvalue weighted by Crippen LogP contribution is 2.69. The standard InChI is InChI=1S/C18H27F3O2.C4H12OSi/c1-2-22-9-23-15(18(19,20)21)8-12-6-13-7-14(12)17-11-4-3-10(5-11)16(13)17;1-5-6(2,3)4/h10-17H,2-9H2,1H3;1-4H3. The van der Waals surface area contributed by atoms with Crippen LogP contribution in [0.2, 0.25) is 19.6 Å². The molecule has 0 amide bonds. The summed E-state index contributed by atoms with van der Waals surface area (Å²) in [5.74, 6) is 4.73. The lowest BCUT2D eigenvalue weighted by Gasteiger charge is -2.39. The Kier molecular flexibility index (Phi) is 7.45. The van der Waals surface area contributed by atoms with E-state index in [1.165, 1.54) is 25.7 Å². The summed E-state index contributed by atoms with van der Waals surface area (Å²) < 4.78 is 54.9. The van der Waals surface area contributed by atoms with Crippen molar-refractivity contribution < 1.29 is 27.1 Å². The van der Waals surface area contributed by atoms with Gasteiger partial charge in [0.2, 0.25) is 0 Å². The van der Waals surface area contributed by atoms with Crippen molar-refractivity contribution in [3.05, 3.63) is 0 Å². The normalized spacial score (nSPS) is 38.7. The minimum Gasteiger partial charge on any atom is -0.421 e. The van der Waals surface area contributed by atoms with Gasteiger partial charge in [-0.2, -0.15) is 13.2 Å². The summed E-state index contributed by atoms with van der Waals surface area (Å²) >= 11 is 0. The smallest absolute Gasteiger partial charge is 0.414 e. The van der Waals surface area contributed by atoms with Gasteiger partial charge in [-0.3, -0.25) is 0 Å². The molecule has 0 N–H and O–H groups in total. The SMILES string of the molecule is CCOCOC(CC1CC2CC1C1C3CCC(C3)C21)C(F)(F)F.CO[Si](C)(C)C. The van der Waals surface area contributed by atoms with Crippen LogP contribution in [0.5, 0.6) is 0 Å². The Hall–Kier alpha value is -0.113. The second-order valence-electron chi connectivity index (χ2n) is 10.5. The van der Waals surface area contributed by atoms with E-state index in [1.807, 2.05) is 0 Å². The molecular weight excluding hydrogens is 397 g/mol. The van der Waals surface area contributed by atoms with Crippen LogP contribution >= 0.6 is 0 Å². The fourth-order valence-electron chi connectivity index (χ4n) is 6.76. The van der Waals surface area contributed by atoms with Gasteiger partial charge in [0.15, 0.2) is 14.4 Å². The highest BCUT2D eigenvalue weighted by atomic mass is 28.4. The van der Waals surface area contributed by atoms with E-state index in [4.69, 9.17) is 13.9 Å². The van der Waals surface area contributed by atoms with E-state index in [-0.39, 0.29) is 19.1 Å². The molecule has 4 saturated carbocycles. The molecule has 0 saturated heterocycles. The second-order valence-corrected chi connectivity index (χ2v) is 15.1. The lowest BCUT2D eigenvalue weighted by molar-refractivity contribution is -0.248. The summed E-state index contributed by atoms with van der Waals surface area (Å²) in [7, 11) is 0.639. The predicted octanol–water partition coefficient (Wildman–Crippen LogP) is 6.10. The molecule has 0 aromatic rings. The van der Waals surface area contributed by atoms with Gasteiger partial charge in [-0.15, -0.1) is 0 Å². The number of hydrogen-bond donors (Lipinski definition) is 0. The Bertz CT molecular complexity index is 536. The molecule has 8 atom stereocenters. The van der Waals surface area contributed by atoms with Gasteiger partial charge in [0, 0.05) is 13.7 Å². The van der Waals surface area contributed by atoms with Gasteiger partial charge in [-0.1, -0.05) is 0 Å². The van der Waals surface area contributed by atoms with Crippen molar-refractivity contribution in [3.8, 4) is 0 Å². The van der Waals surface area contributed by atoms with Gasteiger partial charge >= 0.3 is 6.18 Å². The lowest BCUT2D eigenvalue weighted by Crippen LogP contribution is -2.38. The molecule has 4 bridgehead atoms. The van der Waals surface area contributed by atoms with Crippen molar-refractivity contribution in [1.82, 2.24) is 0 Å². The predicted molar refractivity (Wildman–Crippen MR) is 110 cm³/mol. The number of rotatable bonds is 7. The highest BCUT2D eigenvalue weighted by molar-refractivity contribution is 6.69. The monoisotopic (exact) mass is 436 g/mol. The molecule has 0 radical (unpaired) electrons. The number of halogens is 3. The summed E-state index contributed by atoms with van der Waals surface area (Å²) in [6.07, 6.45) is 0.441. The minimum atomic E-state index is -4.28. The van der Waals surface area contributed by atoms with Gasteiger partial charge < -0.3 is 13.9 Å². The average molecular weight is 437 g/mol. The molecular formula is C22H39F3O3Si. The maximum atomic E-state index is 13.3. The summed E-state index contributed by atoms with van der Waals surface area (Å²) in [4.78, 5) is 0. The van der Waals surface area contributed by atoms with Crippen LogP contribution in [0.25, 0.3) is 0 Å². The molecule has 3 nitrogen and oxygen atoms in total. The highest BCUT2D eigenvalue weighted by Gasteiger charge is 2.62. The van der Waals surface area contributed by atoms with E-state index >= 15 is 0 Å². The molecule has 0 aromatic carbocycles. The quantitative estimate of drug-likeness (QED) is 0.209. The van der Waals surface area contributed by atoms with Crippen LogP contribution in [0.1, 0.15) is 45.4 Å². The Morgan fingerprint density at radius 2 is 1.59 bits per heavy atom. The Morgan fingerprint density at radius 1 is 0.966 bits per heavy atom. The lowest BCUT2D eigenvalue weighted by atomic mass is 9.66. The molecule has 0 aliphatic heterocycles. The van der Waals surface area contributed by atoms with Crippen LogP contribution in [0.15, 0.2) is 0 Å². The van der Waals surface area contributed by atoms with Crippen LogP contribution in [0, 0.1) is 41.4 Å². The third-order valence-corrected chi connectivity index (χ3v) is 9.15. The largest absolute Gasteiger partial charge is 0.421 e. The van der Waals surface area contributed by atoms with Gasteiger partial charge in [0.05, 0.1) is 0 Å². The molecule has 4 aliphatic carbocycles. The first-order valence-corrected chi connectivity index (χ1v) is 14.8. The first kappa shape index (κ1) is 23.5. The van der Waals surface area contributed by atoms with E-state index in [9.17, 15) is 13.2 Å². The van der Waals surface area contributed by atoms with E-state index in [1.54, 1.807) is 14.0 Å². The van der Waals surface area contributed by atoms with Crippen LogP contribution in [0.3, 0.4) is 0 Å². The maximum absolute atomic E-state index is 13.3. The molecule has 4 aliphatic rings. The van der Waals surface area contributed by atoms with Crippen molar-refractivity contribution in [3.63, 3.8) is 0 Å². The maximum Gasteiger partial charge on any atom is 0.414 e. The number of fused-ring (bicyclic) bond motifs is 9. The first-order valence-electron chi connectivity index (χ1n) is 11.4. The fraction of sp³-hybridized carbons (Fsp3) is 1.00. The molecule has 170 valence electrons. The van der Waals surface area contributed by atoms with Gasteiger partial charge in [0.1, 0.15) is 6.79 Å². The Balaban J connectivity index is 0.000000353. The molecule has 4 fully saturated rings. The third-order valence-electron chi connectivity index (χ3n) is 7.92.